The molecule has 0 saturated heterocycles. The molecule has 1 amide bonds. The van der Waals surface area contributed by atoms with Crippen molar-refractivity contribution in [3.05, 3.63) is 76.3 Å². The van der Waals surface area contributed by atoms with Crippen LogP contribution < -0.4 is 10.9 Å². The number of amides is 1. The van der Waals surface area contributed by atoms with Gasteiger partial charge in [0, 0.05) is 5.39 Å². The molecule has 3 rings (SSSR count). The van der Waals surface area contributed by atoms with Gasteiger partial charge in [0.25, 0.3) is 5.91 Å². The van der Waals surface area contributed by atoms with Crippen molar-refractivity contribution in [1.82, 2.24) is 5.32 Å². The van der Waals surface area contributed by atoms with Gasteiger partial charge in [0.1, 0.15) is 11.1 Å². The van der Waals surface area contributed by atoms with Crippen LogP contribution in [-0.2, 0) is 0 Å². The van der Waals surface area contributed by atoms with Crippen molar-refractivity contribution in [2.75, 3.05) is 0 Å². The number of hydrogen-bond donors (Lipinski definition) is 2. The minimum Gasteiger partial charge on any atom is -0.438 e. The normalized spacial score (nSPS) is 12.1. The summed E-state index contributed by atoms with van der Waals surface area (Å²) in [7, 11) is 0. The lowest BCUT2D eigenvalue weighted by Crippen LogP contribution is -2.31. The van der Waals surface area contributed by atoms with E-state index in [0.29, 0.717) is 5.58 Å². The third-order valence-corrected chi connectivity index (χ3v) is 4.17. The van der Waals surface area contributed by atoms with Crippen LogP contribution in [0.25, 0.3) is 11.0 Å². The van der Waals surface area contributed by atoms with Crippen LogP contribution in [0.5, 0.6) is 0 Å². The number of carbonyl (C=O) groups is 1. The third kappa shape index (κ3) is 3.08. The summed E-state index contributed by atoms with van der Waals surface area (Å²) in [6.45, 7) is 6.00. The monoisotopic (exact) mass is 320 g/mol. The van der Waals surface area contributed by atoms with Crippen molar-refractivity contribution < 1.29 is 9.21 Å². The summed E-state index contributed by atoms with van der Waals surface area (Å²) in [5.74, 6) is -0.303. The first-order valence-corrected chi connectivity index (χ1v) is 7.91. The fraction of sp³-hybridized carbons (Fsp3) is 0.200. The Morgan fingerprint density at radius 2 is 1.88 bits per heavy atom. The zero-order valence-corrected chi connectivity index (χ0v) is 14.0. The van der Waals surface area contributed by atoms with Gasteiger partial charge in [-0.05, 0) is 44.0 Å². The van der Waals surface area contributed by atoms with E-state index in [4.69, 9.17) is 9.83 Å². The summed E-state index contributed by atoms with van der Waals surface area (Å²) in [6, 6.07) is 15.1. The topological polar surface area (TPSA) is 66.1 Å². The fourth-order valence-corrected chi connectivity index (χ4v) is 2.83. The second kappa shape index (κ2) is 6.32. The molecule has 0 saturated carbocycles. The Morgan fingerprint density at radius 1 is 1.12 bits per heavy atom. The lowest BCUT2D eigenvalue weighted by molar-refractivity contribution is 0.0935. The minimum absolute atomic E-state index is 0.126. The summed E-state index contributed by atoms with van der Waals surface area (Å²) in [4.78, 5) is 12.6. The van der Waals surface area contributed by atoms with Gasteiger partial charge in [0.2, 0.25) is 5.55 Å². The molecule has 0 spiro atoms. The first-order chi connectivity index (χ1) is 11.5. The second-order valence-corrected chi connectivity index (χ2v) is 6.08. The van der Waals surface area contributed by atoms with E-state index in [0.717, 1.165) is 22.1 Å². The van der Waals surface area contributed by atoms with Crippen LogP contribution >= 0.6 is 0 Å². The van der Waals surface area contributed by atoms with E-state index in [1.54, 1.807) is 12.1 Å². The maximum Gasteiger partial charge on any atom is 0.257 e. The van der Waals surface area contributed by atoms with E-state index in [9.17, 15) is 4.79 Å². The van der Waals surface area contributed by atoms with E-state index < -0.39 is 0 Å². The SMILES string of the molecule is Cc1ccc(C)c(C(C)NC(=O)c2cc3ccccc3oc2=N)c1. The largest absolute Gasteiger partial charge is 0.438 e. The van der Waals surface area contributed by atoms with E-state index in [2.05, 4.69) is 23.5 Å². The van der Waals surface area contributed by atoms with Crippen LogP contribution in [0, 0.1) is 19.3 Å². The van der Waals surface area contributed by atoms with Crippen molar-refractivity contribution in [1.29, 1.82) is 5.41 Å². The van der Waals surface area contributed by atoms with Crippen LogP contribution in [0.2, 0.25) is 0 Å². The minimum atomic E-state index is -0.303. The molecule has 4 nitrogen and oxygen atoms in total. The molecule has 1 unspecified atom stereocenters. The van der Waals surface area contributed by atoms with Crippen LogP contribution in [0.1, 0.15) is 40.0 Å². The molecule has 2 N–H and O–H groups in total. The molecule has 4 heteroatoms. The molecule has 1 heterocycles. The Labute approximate surface area is 140 Å². The Bertz CT molecular complexity index is 973. The van der Waals surface area contributed by atoms with Gasteiger partial charge in [-0.3, -0.25) is 10.2 Å². The van der Waals surface area contributed by atoms with E-state index in [1.165, 1.54) is 0 Å². The van der Waals surface area contributed by atoms with Gasteiger partial charge in [-0.25, -0.2) is 0 Å². The van der Waals surface area contributed by atoms with E-state index >= 15 is 0 Å². The summed E-state index contributed by atoms with van der Waals surface area (Å²) < 4.78 is 5.45. The molecular formula is C20H20N2O2. The van der Waals surface area contributed by atoms with Crippen molar-refractivity contribution in [2.45, 2.75) is 26.8 Å². The average Bonchev–Trinajstić information content (AvgIpc) is 2.56. The summed E-state index contributed by atoms with van der Waals surface area (Å²) in [5.41, 5.74) is 4.07. The van der Waals surface area contributed by atoms with Gasteiger partial charge in [-0.2, -0.15) is 0 Å². The zero-order valence-electron chi connectivity index (χ0n) is 14.0. The highest BCUT2D eigenvalue weighted by molar-refractivity contribution is 5.96. The number of benzene rings is 2. The van der Waals surface area contributed by atoms with Crippen molar-refractivity contribution in [2.24, 2.45) is 0 Å². The van der Waals surface area contributed by atoms with Gasteiger partial charge >= 0.3 is 0 Å². The van der Waals surface area contributed by atoms with Gasteiger partial charge in [-0.1, -0.05) is 42.0 Å². The number of rotatable bonds is 3. The molecule has 122 valence electrons. The Morgan fingerprint density at radius 3 is 2.67 bits per heavy atom. The van der Waals surface area contributed by atoms with Crippen LogP contribution in [0.4, 0.5) is 0 Å². The number of nitrogens with one attached hydrogen (secondary N) is 2. The smallest absolute Gasteiger partial charge is 0.257 e. The quantitative estimate of drug-likeness (QED) is 0.765. The maximum atomic E-state index is 12.6. The highest BCUT2D eigenvalue weighted by Gasteiger charge is 2.16. The van der Waals surface area contributed by atoms with Crippen LogP contribution in [-0.4, -0.2) is 5.91 Å². The Balaban J connectivity index is 1.91. The first-order valence-electron chi connectivity index (χ1n) is 7.91. The average molecular weight is 320 g/mol. The van der Waals surface area contributed by atoms with E-state index in [-0.39, 0.29) is 23.1 Å². The third-order valence-electron chi connectivity index (χ3n) is 4.17. The van der Waals surface area contributed by atoms with Crippen molar-refractivity contribution in [3.8, 4) is 0 Å². The van der Waals surface area contributed by atoms with Crippen LogP contribution in [0.15, 0.2) is 52.9 Å². The molecule has 0 fully saturated rings. The summed E-state index contributed by atoms with van der Waals surface area (Å²) in [5, 5.41) is 11.8. The number of para-hydroxylation sites is 1. The Kier molecular flexibility index (Phi) is 4.21. The molecule has 0 aliphatic rings. The number of hydrogen-bond acceptors (Lipinski definition) is 3. The predicted octanol–water partition coefficient (Wildman–Crippen LogP) is 4.02. The maximum absolute atomic E-state index is 12.6. The lowest BCUT2D eigenvalue weighted by atomic mass is 10.00. The Hall–Kier alpha value is -2.88. The molecule has 0 radical (unpaired) electrons. The van der Waals surface area contributed by atoms with Gasteiger partial charge < -0.3 is 9.73 Å². The molecular weight excluding hydrogens is 300 g/mol. The van der Waals surface area contributed by atoms with Crippen molar-refractivity contribution >= 4 is 16.9 Å². The molecule has 1 aromatic heterocycles. The molecule has 0 aliphatic carbocycles. The summed E-state index contributed by atoms with van der Waals surface area (Å²) in [6.07, 6.45) is 0. The predicted molar refractivity (Wildman–Crippen MR) is 93.9 cm³/mol. The number of carbonyl (C=O) groups excluding carboxylic acids is 1. The molecule has 1 atom stereocenters. The number of fused-ring (bicyclic) bond motifs is 1. The highest BCUT2D eigenvalue weighted by Crippen LogP contribution is 2.19. The highest BCUT2D eigenvalue weighted by atomic mass is 16.3. The second-order valence-electron chi connectivity index (χ2n) is 6.08. The molecule has 0 bridgehead atoms. The van der Waals surface area contributed by atoms with Crippen molar-refractivity contribution in [3.63, 3.8) is 0 Å². The molecule has 3 aromatic rings. The first kappa shape index (κ1) is 16.0. The van der Waals surface area contributed by atoms with Gasteiger partial charge in [-0.15, -0.1) is 0 Å². The molecule has 24 heavy (non-hydrogen) atoms. The zero-order chi connectivity index (χ0) is 17.3. The van der Waals surface area contributed by atoms with E-state index in [1.807, 2.05) is 39.0 Å². The fourth-order valence-electron chi connectivity index (χ4n) is 2.83. The summed E-state index contributed by atoms with van der Waals surface area (Å²) >= 11 is 0. The molecule has 2 aromatic carbocycles. The number of aryl methyl sites for hydroxylation is 2. The standard InChI is InChI=1S/C20H20N2O2/c1-12-8-9-13(2)16(10-12)14(3)22-20(23)17-11-15-6-4-5-7-18(15)24-19(17)21/h4-11,14,21H,1-3H3,(H,22,23). The van der Waals surface area contributed by atoms with Crippen LogP contribution in [0.3, 0.4) is 0 Å². The van der Waals surface area contributed by atoms with Gasteiger partial charge in [0.05, 0.1) is 6.04 Å². The van der Waals surface area contributed by atoms with Gasteiger partial charge in [0.15, 0.2) is 0 Å². The molecule has 0 aliphatic heterocycles. The lowest BCUT2D eigenvalue weighted by Gasteiger charge is -2.17.